The van der Waals surface area contributed by atoms with E-state index in [9.17, 15) is 0 Å². The van der Waals surface area contributed by atoms with Crippen molar-refractivity contribution < 1.29 is 0 Å². The first-order valence-electron chi connectivity index (χ1n) is 4.95. The van der Waals surface area contributed by atoms with Crippen molar-refractivity contribution in [3.05, 3.63) is 52.5 Å². The van der Waals surface area contributed by atoms with Gasteiger partial charge in [0.25, 0.3) is 0 Å². The number of aryl methyl sites for hydroxylation is 1. The molecule has 0 amide bonds. The van der Waals surface area contributed by atoms with Gasteiger partial charge in [0, 0.05) is 20.0 Å². The number of hydrogen-bond acceptors (Lipinski definition) is 2. The minimum Gasteiger partial charge on any atom is -0.399 e. The molecule has 0 aliphatic carbocycles. The van der Waals surface area contributed by atoms with Crippen molar-refractivity contribution in [2.24, 2.45) is 0 Å². The average molecular weight is 294 g/mol. The molecule has 2 aromatic rings. The molecule has 0 aliphatic heterocycles. The fourth-order valence-electron chi connectivity index (χ4n) is 1.42. The lowest BCUT2D eigenvalue weighted by molar-refractivity contribution is 1.29. The van der Waals surface area contributed by atoms with Crippen LogP contribution in [0.1, 0.15) is 5.56 Å². The van der Waals surface area contributed by atoms with Gasteiger partial charge >= 0.3 is 0 Å². The van der Waals surface area contributed by atoms with Crippen molar-refractivity contribution >= 4 is 33.4 Å². The normalized spacial score (nSPS) is 10.4. The molecule has 0 fully saturated rings. The molecule has 2 aromatic carbocycles. The van der Waals surface area contributed by atoms with E-state index in [2.05, 4.69) is 53.2 Å². The van der Waals surface area contributed by atoms with E-state index in [1.165, 1.54) is 15.4 Å². The maximum Gasteiger partial charge on any atom is 0.0317 e. The molecule has 0 unspecified atom stereocenters. The van der Waals surface area contributed by atoms with Gasteiger partial charge in [0.15, 0.2) is 0 Å². The van der Waals surface area contributed by atoms with E-state index in [0.717, 1.165) is 10.2 Å². The predicted octanol–water partition coefficient (Wildman–Crippen LogP) is 4.49. The Morgan fingerprint density at radius 1 is 1.06 bits per heavy atom. The summed E-state index contributed by atoms with van der Waals surface area (Å²) in [6, 6.07) is 14.3. The molecule has 0 heterocycles. The highest BCUT2D eigenvalue weighted by molar-refractivity contribution is 9.10. The van der Waals surface area contributed by atoms with Crippen LogP contribution in [0.25, 0.3) is 0 Å². The summed E-state index contributed by atoms with van der Waals surface area (Å²) in [5, 5.41) is 0. The Hall–Kier alpha value is -0.930. The topological polar surface area (TPSA) is 26.0 Å². The Labute approximate surface area is 108 Å². The number of benzene rings is 2. The summed E-state index contributed by atoms with van der Waals surface area (Å²) in [4.78, 5) is 2.48. The fourth-order valence-corrected chi connectivity index (χ4v) is 2.56. The van der Waals surface area contributed by atoms with Gasteiger partial charge in [-0.2, -0.15) is 0 Å². The number of nitrogens with two attached hydrogens (primary N) is 1. The third kappa shape index (κ3) is 2.80. The molecule has 0 saturated carbocycles. The standard InChI is InChI=1S/C13H12BrNS/c1-9-8-11(15)4-7-13(9)16-12-5-2-10(14)3-6-12/h2-8H,15H2,1H3. The monoisotopic (exact) mass is 293 g/mol. The second kappa shape index (κ2) is 4.93. The molecule has 0 atom stereocenters. The largest absolute Gasteiger partial charge is 0.399 e. The summed E-state index contributed by atoms with van der Waals surface area (Å²) in [5.41, 5.74) is 7.76. The van der Waals surface area contributed by atoms with Crippen molar-refractivity contribution in [2.75, 3.05) is 5.73 Å². The smallest absolute Gasteiger partial charge is 0.0317 e. The molecule has 0 bridgehead atoms. The number of anilines is 1. The molecular formula is C13H12BrNS. The Morgan fingerprint density at radius 3 is 2.38 bits per heavy atom. The number of halogens is 1. The molecule has 0 radical (unpaired) electrons. The van der Waals surface area contributed by atoms with Gasteiger partial charge < -0.3 is 5.73 Å². The van der Waals surface area contributed by atoms with E-state index in [1.54, 1.807) is 11.8 Å². The van der Waals surface area contributed by atoms with E-state index >= 15 is 0 Å². The van der Waals surface area contributed by atoms with Gasteiger partial charge in [0.1, 0.15) is 0 Å². The Balaban J connectivity index is 2.23. The summed E-state index contributed by atoms with van der Waals surface area (Å²) in [6.07, 6.45) is 0. The van der Waals surface area contributed by atoms with Gasteiger partial charge in [-0.25, -0.2) is 0 Å². The molecular weight excluding hydrogens is 282 g/mol. The average Bonchev–Trinajstić information content (AvgIpc) is 2.25. The zero-order valence-corrected chi connectivity index (χ0v) is 11.3. The molecule has 2 N–H and O–H groups in total. The summed E-state index contributed by atoms with van der Waals surface area (Å²) in [6.45, 7) is 2.08. The fraction of sp³-hybridized carbons (Fsp3) is 0.0769. The second-order valence-corrected chi connectivity index (χ2v) is 5.61. The van der Waals surface area contributed by atoms with Crippen LogP contribution in [0.15, 0.2) is 56.7 Å². The Morgan fingerprint density at radius 2 is 1.75 bits per heavy atom. The van der Waals surface area contributed by atoms with Gasteiger partial charge in [0.2, 0.25) is 0 Å². The van der Waals surface area contributed by atoms with Crippen LogP contribution < -0.4 is 5.73 Å². The lowest BCUT2D eigenvalue weighted by atomic mass is 10.2. The van der Waals surface area contributed by atoms with Crippen molar-refractivity contribution in [3.8, 4) is 0 Å². The first-order chi connectivity index (χ1) is 7.65. The lowest BCUT2D eigenvalue weighted by Gasteiger charge is -2.06. The number of rotatable bonds is 2. The van der Waals surface area contributed by atoms with Gasteiger partial charge in [-0.3, -0.25) is 0 Å². The van der Waals surface area contributed by atoms with Crippen LogP contribution in [0.2, 0.25) is 0 Å². The molecule has 1 nitrogen and oxygen atoms in total. The molecule has 0 saturated heterocycles. The third-order valence-corrected chi connectivity index (χ3v) is 3.95. The van der Waals surface area contributed by atoms with E-state index in [4.69, 9.17) is 5.73 Å². The van der Waals surface area contributed by atoms with E-state index in [-0.39, 0.29) is 0 Å². The Kier molecular flexibility index (Phi) is 3.56. The molecule has 0 aliphatic rings. The van der Waals surface area contributed by atoms with Crippen LogP contribution >= 0.6 is 27.7 Å². The van der Waals surface area contributed by atoms with Crippen LogP contribution in [0, 0.1) is 6.92 Å². The summed E-state index contributed by atoms with van der Waals surface area (Å²) >= 11 is 5.18. The zero-order chi connectivity index (χ0) is 11.5. The van der Waals surface area contributed by atoms with Crippen LogP contribution in [-0.2, 0) is 0 Å². The van der Waals surface area contributed by atoms with E-state index in [0.29, 0.717) is 0 Å². The molecule has 16 heavy (non-hydrogen) atoms. The van der Waals surface area contributed by atoms with E-state index < -0.39 is 0 Å². The molecule has 0 spiro atoms. The highest BCUT2D eigenvalue weighted by Crippen LogP contribution is 2.31. The van der Waals surface area contributed by atoms with Crippen molar-refractivity contribution in [1.82, 2.24) is 0 Å². The highest BCUT2D eigenvalue weighted by atomic mass is 79.9. The van der Waals surface area contributed by atoms with Gasteiger partial charge in [0.05, 0.1) is 0 Å². The highest BCUT2D eigenvalue weighted by Gasteiger charge is 2.01. The van der Waals surface area contributed by atoms with Gasteiger partial charge in [-0.1, -0.05) is 27.7 Å². The maximum atomic E-state index is 5.73. The van der Waals surface area contributed by atoms with Crippen molar-refractivity contribution in [1.29, 1.82) is 0 Å². The van der Waals surface area contributed by atoms with Crippen LogP contribution in [0.5, 0.6) is 0 Å². The maximum absolute atomic E-state index is 5.73. The molecule has 82 valence electrons. The third-order valence-electron chi connectivity index (χ3n) is 2.24. The minimum absolute atomic E-state index is 0.817. The number of nitrogen functional groups attached to an aromatic ring is 1. The van der Waals surface area contributed by atoms with E-state index in [1.807, 2.05) is 12.1 Å². The molecule has 3 heteroatoms. The predicted molar refractivity (Wildman–Crippen MR) is 73.9 cm³/mol. The molecule has 0 aromatic heterocycles. The van der Waals surface area contributed by atoms with Crippen LogP contribution in [0.3, 0.4) is 0 Å². The van der Waals surface area contributed by atoms with Crippen LogP contribution in [0.4, 0.5) is 5.69 Å². The van der Waals surface area contributed by atoms with Crippen molar-refractivity contribution in [2.45, 2.75) is 16.7 Å². The summed E-state index contributed by atoms with van der Waals surface area (Å²) in [7, 11) is 0. The summed E-state index contributed by atoms with van der Waals surface area (Å²) < 4.78 is 1.10. The van der Waals surface area contributed by atoms with Crippen molar-refractivity contribution in [3.63, 3.8) is 0 Å². The minimum atomic E-state index is 0.817. The molecule has 2 rings (SSSR count). The van der Waals surface area contributed by atoms with Crippen LogP contribution in [-0.4, -0.2) is 0 Å². The first-order valence-corrected chi connectivity index (χ1v) is 6.55. The second-order valence-electron chi connectivity index (χ2n) is 3.58. The number of hydrogen-bond donors (Lipinski definition) is 1. The first kappa shape index (κ1) is 11.6. The van der Waals surface area contributed by atoms with Gasteiger partial charge in [-0.15, -0.1) is 0 Å². The summed E-state index contributed by atoms with van der Waals surface area (Å²) in [5.74, 6) is 0. The zero-order valence-electron chi connectivity index (χ0n) is 8.91. The SMILES string of the molecule is Cc1cc(N)ccc1Sc1ccc(Br)cc1. The van der Waals surface area contributed by atoms with Gasteiger partial charge in [-0.05, 0) is 55.0 Å². The lowest BCUT2D eigenvalue weighted by Crippen LogP contribution is -1.86. The Bertz CT molecular complexity index is 494. The quantitative estimate of drug-likeness (QED) is 0.826.